The molecule has 8 nitrogen and oxygen atoms in total. The predicted octanol–water partition coefficient (Wildman–Crippen LogP) is 0.935. The normalized spacial score (nSPS) is 13.9. The number of carbonyl (C=O) groups excluding carboxylic acids is 3. The summed E-state index contributed by atoms with van der Waals surface area (Å²) < 4.78 is 4.77. The number of esters is 1. The summed E-state index contributed by atoms with van der Waals surface area (Å²) in [6.45, 7) is 5.08. The minimum absolute atomic E-state index is 0.0673. The van der Waals surface area contributed by atoms with E-state index in [1.807, 2.05) is 19.9 Å². The molecule has 140 valence electrons. The van der Waals surface area contributed by atoms with Gasteiger partial charge in [0.05, 0.1) is 25.8 Å². The summed E-state index contributed by atoms with van der Waals surface area (Å²) in [6, 6.07) is 3.59. The number of β-amino-alcohol motifs (C(OH)–C–C–N with tert-alkyl or cyclic N) is 1. The summed E-state index contributed by atoms with van der Waals surface area (Å²) in [5, 5.41) is 14.9. The largest absolute Gasteiger partial charge is 0.466 e. The SMILES string of the molecule is COC(=O)C1=C(Nc2ccc(C)c(NC(C)=O)c2C)C(=O)N(CCO)C1. The second-order valence-electron chi connectivity index (χ2n) is 6.03. The first-order valence-electron chi connectivity index (χ1n) is 8.16. The van der Waals surface area contributed by atoms with Crippen LogP contribution < -0.4 is 10.6 Å². The maximum atomic E-state index is 12.6. The minimum Gasteiger partial charge on any atom is -0.466 e. The van der Waals surface area contributed by atoms with Crippen molar-refractivity contribution in [2.75, 3.05) is 37.4 Å². The quantitative estimate of drug-likeness (QED) is 0.651. The van der Waals surface area contributed by atoms with Crippen LogP contribution in [0.1, 0.15) is 18.1 Å². The van der Waals surface area contributed by atoms with E-state index in [9.17, 15) is 14.4 Å². The summed E-state index contributed by atoms with van der Waals surface area (Å²) in [5.74, 6) is -1.19. The molecule has 1 aliphatic heterocycles. The fraction of sp³-hybridized carbons (Fsp3) is 0.389. The van der Waals surface area contributed by atoms with Crippen molar-refractivity contribution in [3.63, 3.8) is 0 Å². The van der Waals surface area contributed by atoms with Crippen LogP contribution in [-0.4, -0.2) is 54.6 Å². The second-order valence-corrected chi connectivity index (χ2v) is 6.03. The zero-order valence-corrected chi connectivity index (χ0v) is 15.3. The van der Waals surface area contributed by atoms with Gasteiger partial charge in [0.2, 0.25) is 5.91 Å². The second kappa shape index (κ2) is 8.01. The molecule has 0 fully saturated rings. The van der Waals surface area contributed by atoms with Crippen LogP contribution in [0.15, 0.2) is 23.4 Å². The first-order valence-corrected chi connectivity index (χ1v) is 8.16. The number of hydrogen-bond donors (Lipinski definition) is 3. The van der Waals surface area contributed by atoms with E-state index in [4.69, 9.17) is 9.84 Å². The van der Waals surface area contributed by atoms with Crippen LogP contribution in [0.25, 0.3) is 0 Å². The van der Waals surface area contributed by atoms with Crippen LogP contribution in [-0.2, 0) is 19.1 Å². The molecule has 0 bridgehead atoms. The number of nitrogens with one attached hydrogen (secondary N) is 2. The number of benzene rings is 1. The number of ether oxygens (including phenoxy) is 1. The molecule has 1 aromatic rings. The van der Waals surface area contributed by atoms with Crippen LogP contribution in [0.3, 0.4) is 0 Å². The number of rotatable bonds is 6. The van der Waals surface area contributed by atoms with Crippen molar-refractivity contribution in [2.24, 2.45) is 0 Å². The third-order valence-corrected chi connectivity index (χ3v) is 4.19. The molecule has 0 atom stereocenters. The molecule has 0 unspecified atom stereocenters. The van der Waals surface area contributed by atoms with Crippen LogP contribution >= 0.6 is 0 Å². The van der Waals surface area contributed by atoms with Crippen molar-refractivity contribution in [3.8, 4) is 0 Å². The summed E-state index contributed by atoms with van der Waals surface area (Å²) in [5.41, 5.74) is 3.18. The molecule has 2 amide bonds. The predicted molar refractivity (Wildman–Crippen MR) is 96.6 cm³/mol. The van der Waals surface area contributed by atoms with Gasteiger partial charge in [0.15, 0.2) is 0 Å². The van der Waals surface area contributed by atoms with Crippen molar-refractivity contribution >= 4 is 29.2 Å². The van der Waals surface area contributed by atoms with E-state index in [-0.39, 0.29) is 42.8 Å². The number of methoxy groups -OCH3 is 1. The number of carbonyl (C=O) groups is 3. The third-order valence-electron chi connectivity index (χ3n) is 4.19. The van der Waals surface area contributed by atoms with Crippen LogP contribution in [0.2, 0.25) is 0 Å². The molecule has 26 heavy (non-hydrogen) atoms. The van der Waals surface area contributed by atoms with E-state index in [0.717, 1.165) is 11.1 Å². The Balaban J connectivity index is 2.42. The molecule has 0 aliphatic carbocycles. The summed E-state index contributed by atoms with van der Waals surface area (Å²) in [6.07, 6.45) is 0. The third kappa shape index (κ3) is 3.85. The van der Waals surface area contributed by atoms with Gasteiger partial charge in [-0.1, -0.05) is 6.07 Å². The van der Waals surface area contributed by atoms with Crippen molar-refractivity contribution < 1.29 is 24.2 Å². The Labute approximate surface area is 151 Å². The zero-order chi connectivity index (χ0) is 19.4. The number of amides is 2. The Bertz CT molecular complexity index is 785. The molecule has 8 heteroatoms. The number of nitrogens with zero attached hydrogens (tertiary/aromatic N) is 1. The van der Waals surface area contributed by atoms with E-state index >= 15 is 0 Å². The first kappa shape index (κ1) is 19.5. The van der Waals surface area contributed by atoms with Gasteiger partial charge in [-0.05, 0) is 31.0 Å². The van der Waals surface area contributed by atoms with Gasteiger partial charge < -0.3 is 25.4 Å². The highest BCUT2D eigenvalue weighted by molar-refractivity contribution is 6.08. The highest BCUT2D eigenvalue weighted by atomic mass is 16.5. The highest BCUT2D eigenvalue weighted by Gasteiger charge is 2.34. The van der Waals surface area contributed by atoms with Gasteiger partial charge in [-0.25, -0.2) is 4.79 Å². The van der Waals surface area contributed by atoms with Crippen molar-refractivity contribution in [3.05, 3.63) is 34.5 Å². The molecule has 0 aromatic heterocycles. The zero-order valence-electron chi connectivity index (χ0n) is 15.3. The standard InChI is InChI=1S/C18H23N3O5/c1-10-5-6-14(11(2)15(10)19-12(3)23)20-16-13(18(25)26-4)9-21(7-8-22)17(16)24/h5-6,20,22H,7-9H2,1-4H3,(H,19,23). The maximum Gasteiger partial charge on any atom is 0.337 e. The average molecular weight is 361 g/mol. The lowest BCUT2D eigenvalue weighted by Gasteiger charge is -2.18. The Morgan fingerprint density at radius 3 is 2.58 bits per heavy atom. The molecular weight excluding hydrogens is 338 g/mol. The Hall–Kier alpha value is -2.87. The summed E-state index contributed by atoms with van der Waals surface area (Å²) in [7, 11) is 1.25. The van der Waals surface area contributed by atoms with Crippen LogP contribution in [0.5, 0.6) is 0 Å². The molecule has 1 aromatic carbocycles. The number of aliphatic hydroxyl groups is 1. The average Bonchev–Trinajstić information content (AvgIpc) is 2.90. The smallest absolute Gasteiger partial charge is 0.337 e. The van der Waals surface area contributed by atoms with Crippen molar-refractivity contribution in [1.29, 1.82) is 0 Å². The lowest BCUT2D eigenvalue weighted by Crippen LogP contribution is -2.31. The van der Waals surface area contributed by atoms with Gasteiger partial charge in [-0.15, -0.1) is 0 Å². The Morgan fingerprint density at radius 1 is 1.31 bits per heavy atom. The molecule has 1 aliphatic rings. The van der Waals surface area contributed by atoms with Gasteiger partial charge in [0.25, 0.3) is 5.91 Å². The van der Waals surface area contributed by atoms with E-state index in [0.29, 0.717) is 11.4 Å². The van der Waals surface area contributed by atoms with Gasteiger partial charge in [-0.3, -0.25) is 9.59 Å². The molecule has 0 saturated carbocycles. The van der Waals surface area contributed by atoms with Crippen molar-refractivity contribution in [2.45, 2.75) is 20.8 Å². The van der Waals surface area contributed by atoms with E-state index < -0.39 is 5.97 Å². The number of aryl methyl sites for hydroxylation is 1. The van der Waals surface area contributed by atoms with E-state index in [1.165, 1.54) is 18.9 Å². The van der Waals surface area contributed by atoms with E-state index in [1.54, 1.807) is 6.07 Å². The lowest BCUT2D eigenvalue weighted by atomic mass is 10.1. The molecule has 1 heterocycles. The van der Waals surface area contributed by atoms with Crippen LogP contribution in [0, 0.1) is 13.8 Å². The van der Waals surface area contributed by atoms with Crippen molar-refractivity contribution in [1.82, 2.24) is 4.90 Å². The van der Waals surface area contributed by atoms with Gasteiger partial charge in [-0.2, -0.15) is 0 Å². The van der Waals surface area contributed by atoms with Gasteiger partial charge in [0, 0.05) is 24.8 Å². The Morgan fingerprint density at radius 2 is 2.00 bits per heavy atom. The fourth-order valence-corrected chi connectivity index (χ4v) is 2.83. The molecule has 0 radical (unpaired) electrons. The van der Waals surface area contributed by atoms with Crippen LogP contribution in [0.4, 0.5) is 11.4 Å². The van der Waals surface area contributed by atoms with Gasteiger partial charge >= 0.3 is 5.97 Å². The van der Waals surface area contributed by atoms with E-state index in [2.05, 4.69) is 10.6 Å². The number of aliphatic hydroxyl groups excluding tert-OH is 1. The molecule has 0 spiro atoms. The molecule has 3 N–H and O–H groups in total. The van der Waals surface area contributed by atoms with Gasteiger partial charge in [0.1, 0.15) is 5.70 Å². The minimum atomic E-state index is -0.604. The summed E-state index contributed by atoms with van der Waals surface area (Å²) >= 11 is 0. The molecule has 2 rings (SSSR count). The Kier molecular flexibility index (Phi) is 5.99. The first-order chi connectivity index (χ1) is 12.3. The highest BCUT2D eigenvalue weighted by Crippen LogP contribution is 2.30. The molecule has 0 saturated heterocycles. The lowest BCUT2D eigenvalue weighted by molar-refractivity contribution is -0.136. The monoisotopic (exact) mass is 361 g/mol. The maximum absolute atomic E-state index is 12.6. The summed E-state index contributed by atoms with van der Waals surface area (Å²) in [4.78, 5) is 37.4. The topological polar surface area (TPSA) is 108 Å². The number of anilines is 2. The number of hydrogen-bond acceptors (Lipinski definition) is 6. The fourth-order valence-electron chi connectivity index (χ4n) is 2.83. The molecular formula is C18H23N3O5.